The molecule has 0 aliphatic rings. The second-order valence-corrected chi connectivity index (χ2v) is 8.60. The van der Waals surface area contributed by atoms with Gasteiger partial charge in [0.2, 0.25) is 0 Å². The molecule has 0 unspecified atom stereocenters. The van der Waals surface area contributed by atoms with Gasteiger partial charge in [-0.05, 0) is 74.9 Å². The number of thiophene rings is 1. The van der Waals surface area contributed by atoms with Gasteiger partial charge in [-0.1, -0.05) is 18.2 Å². The molecule has 0 fully saturated rings. The smallest absolute Gasteiger partial charge is 0.347 e. The van der Waals surface area contributed by atoms with Gasteiger partial charge in [0.15, 0.2) is 11.4 Å². The van der Waals surface area contributed by atoms with Gasteiger partial charge in [-0.25, -0.2) is 4.79 Å². The number of aryl methyl sites for hydroxylation is 3. The number of ketones is 1. The molecule has 3 aromatic rings. The van der Waals surface area contributed by atoms with Crippen molar-refractivity contribution in [1.29, 1.82) is 0 Å². The molecule has 0 saturated heterocycles. The minimum atomic E-state index is -1.32. The summed E-state index contributed by atoms with van der Waals surface area (Å²) in [5, 5.41) is 10.5. The number of rotatable bonds is 7. The van der Waals surface area contributed by atoms with E-state index in [-0.39, 0.29) is 5.78 Å². The minimum absolute atomic E-state index is 0.0731. The van der Waals surface area contributed by atoms with Crippen LogP contribution in [0.5, 0.6) is 5.75 Å². The van der Waals surface area contributed by atoms with Crippen molar-refractivity contribution in [2.45, 2.75) is 46.1 Å². The fraction of sp³-hybridized carbons (Fsp3) is 0.304. The largest absolute Gasteiger partial charge is 0.478 e. The number of fused-ring (bicyclic) bond motifs is 1. The van der Waals surface area contributed by atoms with Crippen LogP contribution < -0.4 is 4.74 Å². The number of ether oxygens (including phenoxy) is 1. The average Bonchev–Trinajstić information content (AvgIpc) is 2.97. The molecule has 4 nitrogen and oxygen atoms in total. The molecular weight excluding hydrogens is 372 g/mol. The zero-order valence-corrected chi connectivity index (χ0v) is 17.4. The van der Waals surface area contributed by atoms with E-state index in [2.05, 4.69) is 19.1 Å². The summed E-state index contributed by atoms with van der Waals surface area (Å²) in [6, 6.07) is 13.5. The molecule has 0 aliphatic carbocycles. The number of carboxylic acids is 1. The topological polar surface area (TPSA) is 63.6 Å². The molecule has 1 heterocycles. The molecule has 0 atom stereocenters. The molecule has 0 amide bonds. The highest BCUT2D eigenvalue weighted by molar-refractivity contribution is 7.19. The van der Waals surface area contributed by atoms with Gasteiger partial charge in [0, 0.05) is 21.6 Å². The molecule has 2 aromatic carbocycles. The molecule has 0 aliphatic heterocycles. The van der Waals surface area contributed by atoms with Crippen LogP contribution in [0.1, 0.15) is 46.6 Å². The maximum Gasteiger partial charge on any atom is 0.347 e. The molecule has 28 heavy (non-hydrogen) atoms. The fourth-order valence-corrected chi connectivity index (χ4v) is 4.30. The van der Waals surface area contributed by atoms with E-state index in [1.165, 1.54) is 34.4 Å². The normalized spacial score (nSPS) is 11.6. The van der Waals surface area contributed by atoms with Crippen molar-refractivity contribution in [1.82, 2.24) is 0 Å². The predicted octanol–water partition coefficient (Wildman–Crippen LogP) is 5.58. The number of benzene rings is 2. The van der Waals surface area contributed by atoms with Crippen LogP contribution in [0.15, 0.2) is 42.5 Å². The second kappa shape index (κ2) is 7.76. The molecule has 1 aromatic heterocycles. The van der Waals surface area contributed by atoms with Crippen LogP contribution in [0, 0.1) is 13.8 Å². The lowest BCUT2D eigenvalue weighted by Crippen LogP contribution is -2.38. The Kier molecular flexibility index (Phi) is 5.57. The van der Waals surface area contributed by atoms with Gasteiger partial charge in [-0.15, -0.1) is 11.3 Å². The Labute approximate surface area is 168 Å². The lowest BCUT2D eigenvalue weighted by molar-refractivity contribution is -0.152. The number of aliphatic carboxylic acids is 1. The van der Waals surface area contributed by atoms with E-state index < -0.39 is 11.6 Å². The second-order valence-electron chi connectivity index (χ2n) is 7.47. The number of carbonyl (C=O) groups excluding carboxylic acids is 1. The van der Waals surface area contributed by atoms with Crippen LogP contribution in [0.25, 0.3) is 10.1 Å². The lowest BCUT2D eigenvalue weighted by Gasteiger charge is -2.22. The van der Waals surface area contributed by atoms with E-state index in [9.17, 15) is 14.7 Å². The summed E-state index contributed by atoms with van der Waals surface area (Å²) < 4.78 is 6.85. The molecule has 3 rings (SSSR count). The van der Waals surface area contributed by atoms with E-state index in [0.717, 1.165) is 5.56 Å². The monoisotopic (exact) mass is 396 g/mol. The third-order valence-corrected chi connectivity index (χ3v) is 6.23. The highest BCUT2D eigenvalue weighted by Gasteiger charge is 2.30. The van der Waals surface area contributed by atoms with Crippen LogP contribution in [0.4, 0.5) is 0 Å². The number of carbonyl (C=O) groups is 2. The summed E-state index contributed by atoms with van der Waals surface area (Å²) in [5.41, 5.74) is 1.30. The molecule has 0 spiro atoms. The molecule has 146 valence electrons. The molecule has 0 saturated carbocycles. The molecule has 1 N–H and O–H groups in total. The summed E-state index contributed by atoms with van der Waals surface area (Å²) in [6.07, 6.45) is 1.15. The van der Waals surface area contributed by atoms with Crippen molar-refractivity contribution in [3.05, 3.63) is 64.0 Å². The number of hydrogen-bond donors (Lipinski definition) is 1. The summed E-state index contributed by atoms with van der Waals surface area (Å²) in [6.45, 7) is 6.93. The molecule has 0 radical (unpaired) electrons. The third-order valence-electron chi connectivity index (χ3n) is 4.90. The van der Waals surface area contributed by atoms with E-state index in [1.807, 2.05) is 19.1 Å². The predicted molar refractivity (Wildman–Crippen MR) is 113 cm³/mol. The van der Waals surface area contributed by atoms with E-state index in [1.54, 1.807) is 29.5 Å². The van der Waals surface area contributed by atoms with Gasteiger partial charge >= 0.3 is 5.97 Å². The van der Waals surface area contributed by atoms with Crippen LogP contribution in [-0.2, 0) is 11.2 Å². The summed E-state index contributed by atoms with van der Waals surface area (Å²) >= 11 is 1.75. The minimum Gasteiger partial charge on any atom is -0.478 e. The van der Waals surface area contributed by atoms with Gasteiger partial charge in [0.1, 0.15) is 5.75 Å². The fourth-order valence-electron chi connectivity index (χ4n) is 3.09. The Morgan fingerprint density at radius 2 is 1.82 bits per heavy atom. The van der Waals surface area contributed by atoms with E-state index in [0.29, 0.717) is 24.2 Å². The van der Waals surface area contributed by atoms with Crippen molar-refractivity contribution in [2.24, 2.45) is 0 Å². The Morgan fingerprint density at radius 3 is 2.46 bits per heavy atom. The zero-order chi connectivity index (χ0) is 20.5. The molecule has 0 bridgehead atoms. The Morgan fingerprint density at radius 1 is 1.11 bits per heavy atom. The Hall–Kier alpha value is -2.66. The maximum absolute atomic E-state index is 12.7. The number of hydrogen-bond acceptors (Lipinski definition) is 4. The van der Waals surface area contributed by atoms with Crippen LogP contribution in [0.2, 0.25) is 0 Å². The van der Waals surface area contributed by atoms with E-state index >= 15 is 0 Å². The first kappa shape index (κ1) is 20.1. The van der Waals surface area contributed by atoms with E-state index in [4.69, 9.17) is 4.74 Å². The van der Waals surface area contributed by atoms with Crippen molar-refractivity contribution >= 4 is 33.2 Å². The van der Waals surface area contributed by atoms with Crippen LogP contribution >= 0.6 is 11.3 Å². The SMILES string of the molecule is Cc1cc(C(=O)CCc2sc3ccccc3c2C)ccc1OC(C)(C)C(=O)O. The standard InChI is InChI=1S/C23H24O4S/c1-14-13-16(9-11-19(14)27-23(3,4)22(25)26)18(24)10-12-20-15(2)17-7-5-6-8-21(17)28-20/h5-9,11,13H,10,12H2,1-4H3,(H,25,26). The maximum atomic E-state index is 12.7. The lowest BCUT2D eigenvalue weighted by atomic mass is 10.0. The van der Waals surface area contributed by atoms with Gasteiger partial charge in [0.25, 0.3) is 0 Å². The quantitative estimate of drug-likeness (QED) is 0.530. The zero-order valence-electron chi connectivity index (χ0n) is 16.5. The van der Waals surface area contributed by atoms with Crippen LogP contribution in [-0.4, -0.2) is 22.5 Å². The summed E-state index contributed by atoms with van der Waals surface area (Å²) in [7, 11) is 0. The van der Waals surface area contributed by atoms with Gasteiger partial charge in [-0.2, -0.15) is 0 Å². The Balaban J connectivity index is 1.71. The number of carboxylic acid groups (broad SMARTS) is 1. The van der Waals surface area contributed by atoms with Crippen molar-refractivity contribution in [3.63, 3.8) is 0 Å². The highest BCUT2D eigenvalue weighted by atomic mass is 32.1. The van der Waals surface area contributed by atoms with Crippen molar-refractivity contribution in [3.8, 4) is 5.75 Å². The third kappa shape index (κ3) is 4.09. The van der Waals surface area contributed by atoms with Gasteiger partial charge in [0.05, 0.1) is 0 Å². The summed E-state index contributed by atoms with van der Waals surface area (Å²) in [5.74, 6) is -0.487. The molecule has 5 heteroatoms. The first-order valence-corrected chi connectivity index (χ1v) is 10.0. The number of Topliss-reactive ketones (excluding diaryl/α,β-unsaturated/α-hetero) is 1. The first-order chi connectivity index (χ1) is 13.2. The molecular formula is C23H24O4S. The van der Waals surface area contributed by atoms with Crippen molar-refractivity contribution in [2.75, 3.05) is 0 Å². The Bertz CT molecular complexity index is 1050. The summed E-state index contributed by atoms with van der Waals surface area (Å²) in [4.78, 5) is 25.2. The van der Waals surface area contributed by atoms with Crippen LogP contribution in [0.3, 0.4) is 0 Å². The average molecular weight is 397 g/mol. The van der Waals surface area contributed by atoms with Crippen molar-refractivity contribution < 1.29 is 19.4 Å². The first-order valence-electron chi connectivity index (χ1n) is 9.22. The highest BCUT2D eigenvalue weighted by Crippen LogP contribution is 2.32. The van der Waals surface area contributed by atoms with Gasteiger partial charge < -0.3 is 9.84 Å². The van der Waals surface area contributed by atoms with Gasteiger partial charge in [-0.3, -0.25) is 4.79 Å².